The van der Waals surface area contributed by atoms with E-state index in [9.17, 15) is 14.4 Å². The van der Waals surface area contributed by atoms with Crippen molar-refractivity contribution in [1.82, 2.24) is 10.2 Å². The molecule has 0 radical (unpaired) electrons. The Hall–Kier alpha value is -1.04. The van der Waals surface area contributed by atoms with Gasteiger partial charge in [0.25, 0.3) is 0 Å². The molecule has 0 aliphatic carbocycles. The number of hydrogen-bond acceptors (Lipinski definition) is 4. The minimum Gasteiger partial charge on any atom is -0.351 e. The van der Waals surface area contributed by atoms with E-state index < -0.39 is 5.41 Å². The van der Waals surface area contributed by atoms with Crippen molar-refractivity contribution in [3.63, 3.8) is 0 Å². The molecule has 0 bridgehead atoms. The number of amides is 3. The van der Waals surface area contributed by atoms with E-state index in [1.165, 1.54) is 24.2 Å². The van der Waals surface area contributed by atoms with E-state index in [1.54, 1.807) is 11.8 Å². The van der Waals surface area contributed by atoms with Crippen LogP contribution in [0.3, 0.4) is 0 Å². The zero-order chi connectivity index (χ0) is 25.4. The lowest BCUT2D eigenvalue weighted by Gasteiger charge is -2.38. The first-order chi connectivity index (χ1) is 15.1. The van der Waals surface area contributed by atoms with Crippen molar-refractivity contribution in [2.24, 2.45) is 16.7 Å². The Kier molecular flexibility index (Phi) is 11.5. The number of carbonyl (C=O) groups excluding carboxylic acids is 3. The minimum atomic E-state index is -0.577. The second-order valence-corrected chi connectivity index (χ2v) is 13.5. The number of nitrogens with zero attached hydrogens (tertiary/aromatic N) is 1. The van der Waals surface area contributed by atoms with Gasteiger partial charge in [-0.15, -0.1) is 11.8 Å². The fraction of sp³-hybridized carbons (Fsp3) is 0.889. The predicted octanol–water partition coefficient (Wildman–Crippen LogP) is 6.20. The topological polar surface area (TPSA) is 66.5 Å². The lowest BCUT2D eigenvalue weighted by Crippen LogP contribution is -2.51. The van der Waals surface area contributed by atoms with Crippen LogP contribution in [0.4, 0.5) is 0 Å². The zero-order valence-corrected chi connectivity index (χ0v) is 23.6. The molecule has 0 saturated carbocycles. The Morgan fingerprint density at radius 2 is 1.73 bits per heavy atom. The largest absolute Gasteiger partial charge is 0.351 e. The van der Waals surface area contributed by atoms with Crippen molar-refractivity contribution in [2.75, 3.05) is 12.3 Å². The molecule has 192 valence electrons. The number of likely N-dealkylation sites (tertiary alicyclic amines) is 1. The van der Waals surface area contributed by atoms with E-state index in [0.29, 0.717) is 19.4 Å². The van der Waals surface area contributed by atoms with Crippen LogP contribution in [-0.2, 0) is 14.4 Å². The standard InChI is InChI=1S/C27H50N2O3S/c1-10-12-13-14-15-33-21-16-22(30)29(23(21)31)18-20(3)17-26(6,7)24(32)28-27(8,9)19-25(4,5)11-2/h20-21H,10-19H2,1-9H3,(H,28,32). The van der Waals surface area contributed by atoms with Crippen molar-refractivity contribution < 1.29 is 14.4 Å². The van der Waals surface area contributed by atoms with Crippen LogP contribution in [0.1, 0.15) is 114 Å². The fourth-order valence-corrected chi connectivity index (χ4v) is 6.10. The lowest BCUT2D eigenvalue weighted by atomic mass is 9.77. The molecule has 1 N–H and O–H groups in total. The highest BCUT2D eigenvalue weighted by molar-refractivity contribution is 8.00. The highest BCUT2D eigenvalue weighted by Gasteiger charge is 2.41. The first-order valence-corrected chi connectivity index (χ1v) is 14.0. The van der Waals surface area contributed by atoms with Gasteiger partial charge in [0.1, 0.15) is 0 Å². The summed E-state index contributed by atoms with van der Waals surface area (Å²) in [6.07, 6.45) is 7.60. The molecule has 2 unspecified atom stereocenters. The van der Waals surface area contributed by atoms with Crippen LogP contribution in [0.5, 0.6) is 0 Å². The van der Waals surface area contributed by atoms with E-state index in [2.05, 4.69) is 46.9 Å². The first-order valence-electron chi connectivity index (χ1n) is 12.9. The van der Waals surface area contributed by atoms with Gasteiger partial charge in [-0.25, -0.2) is 0 Å². The van der Waals surface area contributed by atoms with E-state index in [1.807, 2.05) is 20.8 Å². The summed E-state index contributed by atoms with van der Waals surface area (Å²) in [4.78, 5) is 39.9. The molecule has 2 atom stereocenters. The summed E-state index contributed by atoms with van der Waals surface area (Å²) in [5.41, 5.74) is -0.707. The third-order valence-electron chi connectivity index (χ3n) is 6.82. The molecule has 1 fully saturated rings. The van der Waals surface area contributed by atoms with E-state index in [-0.39, 0.29) is 39.8 Å². The molecule has 5 nitrogen and oxygen atoms in total. The Bertz CT molecular complexity index is 672. The van der Waals surface area contributed by atoms with Gasteiger partial charge in [-0.2, -0.15) is 0 Å². The molecule has 1 rings (SSSR count). The van der Waals surface area contributed by atoms with E-state index >= 15 is 0 Å². The molecule has 1 heterocycles. The average molecular weight is 483 g/mol. The van der Waals surface area contributed by atoms with Crippen LogP contribution in [0, 0.1) is 16.7 Å². The van der Waals surface area contributed by atoms with Gasteiger partial charge in [0, 0.05) is 23.9 Å². The normalized spacial score (nSPS) is 18.7. The van der Waals surface area contributed by atoms with Crippen LogP contribution < -0.4 is 5.32 Å². The van der Waals surface area contributed by atoms with Gasteiger partial charge in [0.2, 0.25) is 17.7 Å². The SMILES string of the molecule is CCCCCCSC1CC(=O)N(CC(C)CC(C)(C)C(=O)NC(C)(C)CC(C)(C)CC)C1=O. The Labute approximate surface area is 207 Å². The van der Waals surface area contributed by atoms with Crippen molar-refractivity contribution in [1.29, 1.82) is 0 Å². The van der Waals surface area contributed by atoms with Gasteiger partial charge in [0.05, 0.1) is 5.25 Å². The molecular formula is C27H50N2O3S. The lowest BCUT2D eigenvalue weighted by molar-refractivity contribution is -0.139. The molecule has 33 heavy (non-hydrogen) atoms. The summed E-state index contributed by atoms with van der Waals surface area (Å²) in [5, 5.41) is 3.03. The smallest absolute Gasteiger partial charge is 0.242 e. The average Bonchev–Trinajstić information content (AvgIpc) is 2.93. The van der Waals surface area contributed by atoms with Gasteiger partial charge in [0.15, 0.2) is 0 Å². The number of rotatable bonds is 15. The Morgan fingerprint density at radius 1 is 1.09 bits per heavy atom. The van der Waals surface area contributed by atoms with E-state index in [4.69, 9.17) is 0 Å². The molecule has 0 spiro atoms. The van der Waals surface area contributed by atoms with Crippen molar-refractivity contribution in [2.45, 2.75) is 124 Å². The molecule has 1 aliphatic heterocycles. The third-order valence-corrected chi connectivity index (χ3v) is 8.11. The van der Waals surface area contributed by atoms with Crippen LogP contribution in [0.25, 0.3) is 0 Å². The summed E-state index contributed by atoms with van der Waals surface area (Å²) in [6, 6.07) is 0. The predicted molar refractivity (Wildman–Crippen MR) is 140 cm³/mol. The molecule has 0 aromatic rings. The maximum atomic E-state index is 13.1. The van der Waals surface area contributed by atoms with Crippen molar-refractivity contribution in [3.8, 4) is 0 Å². The second-order valence-electron chi connectivity index (χ2n) is 12.2. The summed E-state index contributed by atoms with van der Waals surface area (Å²) in [7, 11) is 0. The maximum Gasteiger partial charge on any atom is 0.242 e. The summed E-state index contributed by atoms with van der Waals surface area (Å²) in [5.74, 6) is 0.916. The molecule has 1 aliphatic rings. The molecule has 3 amide bonds. The monoisotopic (exact) mass is 482 g/mol. The van der Waals surface area contributed by atoms with Crippen LogP contribution in [0.15, 0.2) is 0 Å². The number of nitrogens with one attached hydrogen (secondary N) is 1. The first kappa shape index (κ1) is 30.0. The maximum absolute atomic E-state index is 13.1. The molecular weight excluding hydrogens is 432 g/mol. The molecule has 0 aromatic heterocycles. The highest BCUT2D eigenvalue weighted by atomic mass is 32.2. The van der Waals surface area contributed by atoms with Crippen molar-refractivity contribution in [3.05, 3.63) is 0 Å². The quantitative estimate of drug-likeness (QED) is 0.223. The molecule has 0 aromatic carbocycles. The molecule has 1 saturated heterocycles. The minimum absolute atomic E-state index is 0.0332. The Balaban J connectivity index is 2.61. The number of carbonyl (C=O) groups is 3. The summed E-state index contributed by atoms with van der Waals surface area (Å²) in [6.45, 7) is 19.4. The number of imide groups is 1. The summed E-state index contributed by atoms with van der Waals surface area (Å²) >= 11 is 1.63. The summed E-state index contributed by atoms with van der Waals surface area (Å²) < 4.78 is 0. The van der Waals surface area contributed by atoms with Crippen LogP contribution in [-0.4, -0.2) is 45.7 Å². The van der Waals surface area contributed by atoms with Crippen molar-refractivity contribution >= 4 is 29.5 Å². The zero-order valence-electron chi connectivity index (χ0n) is 22.8. The van der Waals surface area contributed by atoms with Crippen LogP contribution >= 0.6 is 11.8 Å². The van der Waals surface area contributed by atoms with Gasteiger partial charge in [-0.1, -0.05) is 74.1 Å². The van der Waals surface area contributed by atoms with Gasteiger partial charge < -0.3 is 5.32 Å². The number of hydrogen-bond donors (Lipinski definition) is 1. The fourth-order valence-electron chi connectivity index (χ4n) is 4.91. The van der Waals surface area contributed by atoms with Crippen LogP contribution in [0.2, 0.25) is 0 Å². The molecule has 6 heteroatoms. The van der Waals surface area contributed by atoms with E-state index in [0.717, 1.165) is 25.0 Å². The highest BCUT2D eigenvalue weighted by Crippen LogP contribution is 2.34. The van der Waals surface area contributed by atoms with Gasteiger partial charge >= 0.3 is 0 Å². The number of thioether (sulfide) groups is 1. The van der Waals surface area contributed by atoms with Gasteiger partial charge in [-0.3, -0.25) is 19.3 Å². The van der Waals surface area contributed by atoms with Gasteiger partial charge in [-0.05, 0) is 50.2 Å². The second kappa shape index (κ2) is 12.6. The Morgan fingerprint density at radius 3 is 2.30 bits per heavy atom. The number of unbranched alkanes of at least 4 members (excludes halogenated alkanes) is 3. The third kappa shape index (κ3) is 10.00.